The van der Waals surface area contributed by atoms with Crippen LogP contribution in [-0.4, -0.2) is 31.3 Å². The summed E-state index contributed by atoms with van der Waals surface area (Å²) in [4.78, 5) is 11.9. The lowest BCUT2D eigenvalue weighted by atomic mass is 10.2. The zero-order valence-electron chi connectivity index (χ0n) is 11.3. The van der Waals surface area contributed by atoms with Gasteiger partial charge in [-0.25, -0.2) is 0 Å². The number of nitrogens with one attached hydrogen (secondary N) is 1. The number of ether oxygens (including phenoxy) is 2. The van der Waals surface area contributed by atoms with Crippen LogP contribution in [0, 0.1) is 0 Å². The first kappa shape index (κ1) is 15.2. The molecular formula is C14H14ClNO5. The van der Waals surface area contributed by atoms with Crippen LogP contribution in [0.1, 0.15) is 10.6 Å². The molecule has 1 aromatic heterocycles. The molecule has 0 aliphatic heterocycles. The number of amides is 1. The number of halogens is 1. The summed E-state index contributed by atoms with van der Waals surface area (Å²) in [5, 5.41) is 11.6. The van der Waals surface area contributed by atoms with Crippen molar-refractivity contribution in [2.75, 3.05) is 25.6 Å². The number of carbonyl (C=O) groups excluding carboxylic acids is 1. The van der Waals surface area contributed by atoms with Gasteiger partial charge in [0.1, 0.15) is 6.61 Å². The van der Waals surface area contributed by atoms with Crippen molar-refractivity contribution in [1.29, 1.82) is 0 Å². The summed E-state index contributed by atoms with van der Waals surface area (Å²) >= 11 is 5.62. The topological polar surface area (TPSA) is 80.9 Å². The third kappa shape index (κ3) is 3.90. The van der Waals surface area contributed by atoms with E-state index in [0.717, 1.165) is 0 Å². The van der Waals surface area contributed by atoms with E-state index in [0.29, 0.717) is 17.2 Å². The van der Waals surface area contributed by atoms with Gasteiger partial charge in [-0.15, -0.1) is 0 Å². The lowest BCUT2D eigenvalue weighted by Gasteiger charge is -2.11. The molecule has 0 unspecified atom stereocenters. The van der Waals surface area contributed by atoms with E-state index in [-0.39, 0.29) is 24.2 Å². The molecule has 1 heterocycles. The van der Waals surface area contributed by atoms with Crippen LogP contribution >= 0.6 is 11.6 Å². The van der Waals surface area contributed by atoms with E-state index in [1.165, 1.54) is 19.2 Å². The van der Waals surface area contributed by atoms with Crippen LogP contribution in [-0.2, 0) is 0 Å². The Morgan fingerprint density at radius 3 is 2.76 bits per heavy atom. The van der Waals surface area contributed by atoms with E-state index in [4.69, 9.17) is 30.6 Å². The molecule has 6 nitrogen and oxygen atoms in total. The lowest BCUT2D eigenvalue weighted by molar-refractivity contribution is 0.0996. The predicted octanol–water partition coefficient (Wildman–Crippen LogP) is 2.57. The third-order valence-corrected chi connectivity index (χ3v) is 2.77. The highest BCUT2D eigenvalue weighted by Crippen LogP contribution is 2.30. The summed E-state index contributed by atoms with van der Waals surface area (Å²) in [7, 11) is 1.50. The molecule has 0 aliphatic rings. The summed E-state index contributed by atoms with van der Waals surface area (Å²) < 4.78 is 15.5. The molecule has 2 N–H and O–H groups in total. The average Bonchev–Trinajstić information content (AvgIpc) is 2.92. The third-order valence-electron chi connectivity index (χ3n) is 2.57. The van der Waals surface area contributed by atoms with E-state index in [9.17, 15) is 4.79 Å². The van der Waals surface area contributed by atoms with Crippen LogP contribution in [0.2, 0.25) is 5.22 Å². The molecule has 0 aliphatic carbocycles. The molecular weight excluding hydrogens is 298 g/mol. The highest BCUT2D eigenvalue weighted by molar-refractivity contribution is 6.29. The smallest absolute Gasteiger partial charge is 0.291 e. The number of hydrogen-bond donors (Lipinski definition) is 2. The fraction of sp³-hybridized carbons (Fsp3) is 0.214. The first-order valence-corrected chi connectivity index (χ1v) is 6.50. The summed E-state index contributed by atoms with van der Waals surface area (Å²) in [6.45, 7) is 0.00614. The minimum absolute atomic E-state index is 0.105. The Kier molecular flexibility index (Phi) is 5.08. The van der Waals surface area contributed by atoms with Gasteiger partial charge in [-0.05, 0) is 35.9 Å². The van der Waals surface area contributed by atoms with Crippen molar-refractivity contribution in [2.45, 2.75) is 0 Å². The Bertz CT molecular complexity index is 626. The van der Waals surface area contributed by atoms with Crippen molar-refractivity contribution in [3.8, 4) is 11.5 Å². The van der Waals surface area contributed by atoms with Gasteiger partial charge in [-0.3, -0.25) is 4.79 Å². The molecule has 0 spiro atoms. The lowest BCUT2D eigenvalue weighted by Crippen LogP contribution is -2.11. The molecule has 112 valence electrons. The van der Waals surface area contributed by atoms with E-state index in [2.05, 4.69) is 5.32 Å². The molecule has 0 saturated carbocycles. The Morgan fingerprint density at radius 2 is 2.14 bits per heavy atom. The maximum Gasteiger partial charge on any atom is 0.291 e. The molecule has 0 saturated heterocycles. The summed E-state index contributed by atoms with van der Waals surface area (Å²) in [5.41, 5.74) is 0.501. The van der Waals surface area contributed by atoms with Crippen LogP contribution in [0.3, 0.4) is 0 Å². The molecule has 0 bridgehead atoms. The van der Waals surface area contributed by atoms with Gasteiger partial charge in [-0.2, -0.15) is 0 Å². The Hall–Kier alpha value is -2.18. The van der Waals surface area contributed by atoms with Gasteiger partial charge in [0.25, 0.3) is 5.91 Å². The van der Waals surface area contributed by atoms with Crippen LogP contribution in [0.15, 0.2) is 34.7 Å². The Morgan fingerprint density at radius 1 is 1.33 bits per heavy atom. The number of anilines is 1. The van der Waals surface area contributed by atoms with Crippen molar-refractivity contribution < 1.29 is 23.8 Å². The fourth-order valence-corrected chi connectivity index (χ4v) is 1.80. The molecule has 2 rings (SSSR count). The highest BCUT2D eigenvalue weighted by Gasteiger charge is 2.12. The van der Waals surface area contributed by atoms with E-state index in [1.807, 2.05) is 0 Å². The zero-order chi connectivity index (χ0) is 15.2. The number of carbonyl (C=O) groups is 1. The summed E-state index contributed by atoms with van der Waals surface area (Å²) in [6.07, 6.45) is 0. The normalized spacial score (nSPS) is 10.2. The van der Waals surface area contributed by atoms with Crippen LogP contribution in [0.5, 0.6) is 11.5 Å². The number of aliphatic hydroxyl groups is 1. The second-order valence-corrected chi connectivity index (χ2v) is 4.37. The highest BCUT2D eigenvalue weighted by atomic mass is 35.5. The van der Waals surface area contributed by atoms with Gasteiger partial charge in [0.2, 0.25) is 0 Å². The van der Waals surface area contributed by atoms with Crippen molar-refractivity contribution in [3.63, 3.8) is 0 Å². The van der Waals surface area contributed by atoms with Crippen molar-refractivity contribution in [3.05, 3.63) is 41.3 Å². The average molecular weight is 312 g/mol. The van der Waals surface area contributed by atoms with Crippen LogP contribution in [0.4, 0.5) is 5.69 Å². The molecule has 7 heteroatoms. The molecule has 21 heavy (non-hydrogen) atoms. The van der Waals surface area contributed by atoms with E-state index >= 15 is 0 Å². The minimum Gasteiger partial charge on any atom is -0.493 e. The number of aliphatic hydroxyl groups excluding tert-OH is 1. The molecule has 1 aromatic carbocycles. The summed E-state index contributed by atoms with van der Waals surface area (Å²) in [6, 6.07) is 7.87. The van der Waals surface area contributed by atoms with Gasteiger partial charge in [0, 0.05) is 11.8 Å². The fourth-order valence-electron chi connectivity index (χ4n) is 1.65. The maximum atomic E-state index is 11.9. The van der Waals surface area contributed by atoms with E-state index < -0.39 is 5.91 Å². The zero-order valence-corrected chi connectivity index (χ0v) is 12.0. The SMILES string of the molecule is COc1ccc(NC(=O)c2ccc(Cl)o2)cc1OCCO. The summed E-state index contributed by atoms with van der Waals surface area (Å²) in [5.74, 6) is 0.595. The number of rotatable bonds is 6. The van der Waals surface area contributed by atoms with Crippen molar-refractivity contribution in [1.82, 2.24) is 0 Å². The quantitative estimate of drug-likeness (QED) is 0.857. The Labute approximate surface area is 126 Å². The van der Waals surface area contributed by atoms with Gasteiger partial charge >= 0.3 is 0 Å². The van der Waals surface area contributed by atoms with Crippen molar-refractivity contribution >= 4 is 23.2 Å². The van der Waals surface area contributed by atoms with Gasteiger partial charge in [0.05, 0.1) is 13.7 Å². The molecule has 0 fully saturated rings. The van der Waals surface area contributed by atoms with Gasteiger partial charge in [-0.1, -0.05) is 0 Å². The van der Waals surface area contributed by atoms with Crippen LogP contribution in [0.25, 0.3) is 0 Å². The number of hydrogen-bond acceptors (Lipinski definition) is 5. The number of methoxy groups -OCH3 is 1. The van der Waals surface area contributed by atoms with Crippen molar-refractivity contribution in [2.24, 2.45) is 0 Å². The van der Waals surface area contributed by atoms with E-state index in [1.54, 1.807) is 18.2 Å². The largest absolute Gasteiger partial charge is 0.493 e. The number of benzene rings is 1. The van der Waals surface area contributed by atoms with Gasteiger partial charge in [0.15, 0.2) is 22.5 Å². The monoisotopic (exact) mass is 311 g/mol. The molecule has 0 radical (unpaired) electrons. The molecule has 0 atom stereocenters. The second-order valence-electron chi connectivity index (χ2n) is 4.00. The maximum absolute atomic E-state index is 11.9. The first-order valence-electron chi connectivity index (χ1n) is 6.12. The first-order chi connectivity index (χ1) is 10.1. The van der Waals surface area contributed by atoms with Gasteiger partial charge < -0.3 is 24.3 Å². The molecule has 1 amide bonds. The number of furan rings is 1. The molecule has 2 aromatic rings. The second kappa shape index (κ2) is 7.01. The predicted molar refractivity (Wildman–Crippen MR) is 77.2 cm³/mol. The van der Waals surface area contributed by atoms with Crippen LogP contribution < -0.4 is 14.8 Å². The Balaban J connectivity index is 2.14. The standard InChI is InChI=1S/C14H14ClNO5/c1-19-10-3-2-9(8-12(10)20-7-6-17)16-14(18)11-4-5-13(15)21-11/h2-5,8,17H,6-7H2,1H3,(H,16,18). The minimum atomic E-state index is -0.430.